The minimum atomic E-state index is -0.0483. The molecule has 1 saturated heterocycles. The van der Waals surface area contributed by atoms with Crippen molar-refractivity contribution in [3.8, 4) is 0 Å². The Morgan fingerprint density at radius 1 is 1.35 bits per heavy atom. The zero-order valence-electron chi connectivity index (χ0n) is 10.5. The van der Waals surface area contributed by atoms with Crippen LogP contribution in [0.3, 0.4) is 0 Å². The largest absolute Gasteiger partial charge is 0.390 e. The molecule has 0 bridgehead atoms. The molecule has 1 aromatic heterocycles. The molecule has 0 spiro atoms. The van der Waals surface area contributed by atoms with E-state index in [2.05, 4.69) is 33.6 Å². The van der Waals surface area contributed by atoms with E-state index in [1.165, 1.54) is 0 Å². The van der Waals surface area contributed by atoms with Crippen LogP contribution in [0.2, 0.25) is 0 Å². The molecule has 1 unspecified atom stereocenters. The lowest BCUT2D eigenvalue weighted by Gasteiger charge is -2.39. The van der Waals surface area contributed by atoms with Crippen LogP contribution >= 0.6 is 0 Å². The Bertz CT molecular complexity index is 354. The van der Waals surface area contributed by atoms with E-state index in [1.807, 2.05) is 0 Å². The number of piperazine rings is 1. The van der Waals surface area contributed by atoms with E-state index in [1.54, 1.807) is 12.4 Å². The van der Waals surface area contributed by atoms with Gasteiger partial charge in [-0.05, 0) is 13.5 Å². The Balaban J connectivity index is 2.03. The van der Waals surface area contributed by atoms with Crippen molar-refractivity contribution >= 4 is 5.82 Å². The molecule has 5 nitrogen and oxygen atoms in total. The standard InChI is InChI=1S/C12H20N4O/c1-3-15-4-5-16(8-10(15)2)12-7-13-11(9-17)6-14-12/h6-7,10,17H,3-5,8-9H2,1-2H3. The molecule has 0 amide bonds. The topological polar surface area (TPSA) is 52.5 Å². The molecule has 0 aromatic carbocycles. The summed E-state index contributed by atoms with van der Waals surface area (Å²) in [6.07, 6.45) is 3.39. The minimum absolute atomic E-state index is 0.0483. The number of hydrogen-bond donors (Lipinski definition) is 1. The number of nitrogens with zero attached hydrogens (tertiary/aromatic N) is 4. The van der Waals surface area contributed by atoms with E-state index >= 15 is 0 Å². The molecular formula is C12H20N4O. The Morgan fingerprint density at radius 2 is 2.18 bits per heavy atom. The first-order chi connectivity index (χ1) is 8.24. The number of anilines is 1. The van der Waals surface area contributed by atoms with E-state index in [0.29, 0.717) is 11.7 Å². The lowest BCUT2D eigenvalue weighted by molar-refractivity contribution is 0.199. The van der Waals surface area contributed by atoms with Gasteiger partial charge in [-0.3, -0.25) is 9.88 Å². The minimum Gasteiger partial charge on any atom is -0.390 e. The molecule has 17 heavy (non-hydrogen) atoms. The number of aromatic nitrogens is 2. The van der Waals surface area contributed by atoms with Gasteiger partial charge in [-0.2, -0.15) is 0 Å². The van der Waals surface area contributed by atoms with E-state index in [4.69, 9.17) is 5.11 Å². The van der Waals surface area contributed by atoms with Crippen molar-refractivity contribution in [3.63, 3.8) is 0 Å². The summed E-state index contributed by atoms with van der Waals surface area (Å²) in [5.74, 6) is 0.907. The van der Waals surface area contributed by atoms with Gasteiger partial charge in [0, 0.05) is 25.7 Å². The normalized spacial score (nSPS) is 21.8. The Hall–Kier alpha value is -1.20. The van der Waals surface area contributed by atoms with Crippen LogP contribution < -0.4 is 4.90 Å². The molecule has 2 heterocycles. The first-order valence-electron chi connectivity index (χ1n) is 6.15. The molecule has 1 aromatic rings. The van der Waals surface area contributed by atoms with Gasteiger partial charge in [0.2, 0.25) is 0 Å². The summed E-state index contributed by atoms with van der Waals surface area (Å²) in [6, 6.07) is 0.549. The summed E-state index contributed by atoms with van der Waals surface area (Å²) in [4.78, 5) is 13.2. The fourth-order valence-corrected chi connectivity index (χ4v) is 2.27. The van der Waals surface area contributed by atoms with Gasteiger partial charge >= 0.3 is 0 Å². The molecule has 1 fully saturated rings. The SMILES string of the molecule is CCN1CCN(c2cnc(CO)cn2)CC1C. The third-order valence-corrected chi connectivity index (χ3v) is 3.35. The fourth-order valence-electron chi connectivity index (χ4n) is 2.27. The molecule has 1 N–H and O–H groups in total. The van der Waals surface area contributed by atoms with E-state index in [-0.39, 0.29) is 6.61 Å². The smallest absolute Gasteiger partial charge is 0.147 e. The lowest BCUT2D eigenvalue weighted by Crippen LogP contribution is -2.52. The Labute approximate surface area is 102 Å². The Morgan fingerprint density at radius 3 is 2.71 bits per heavy atom. The van der Waals surface area contributed by atoms with Gasteiger partial charge in [-0.25, -0.2) is 4.98 Å². The quantitative estimate of drug-likeness (QED) is 0.828. The third kappa shape index (κ3) is 2.73. The highest BCUT2D eigenvalue weighted by Crippen LogP contribution is 2.15. The maximum Gasteiger partial charge on any atom is 0.147 e. The summed E-state index contributed by atoms with van der Waals surface area (Å²) >= 11 is 0. The van der Waals surface area contributed by atoms with Gasteiger partial charge in [0.15, 0.2) is 0 Å². The lowest BCUT2D eigenvalue weighted by atomic mass is 10.2. The number of aliphatic hydroxyl groups is 1. The molecule has 1 aliphatic heterocycles. The summed E-state index contributed by atoms with van der Waals surface area (Å²) in [5.41, 5.74) is 0.619. The van der Waals surface area contributed by atoms with Crippen molar-refractivity contribution in [1.29, 1.82) is 0 Å². The van der Waals surface area contributed by atoms with Crippen LogP contribution in [0.15, 0.2) is 12.4 Å². The average Bonchev–Trinajstić information content (AvgIpc) is 2.39. The van der Waals surface area contributed by atoms with Crippen LogP contribution in [0.5, 0.6) is 0 Å². The van der Waals surface area contributed by atoms with E-state index in [9.17, 15) is 0 Å². The third-order valence-electron chi connectivity index (χ3n) is 3.35. The number of hydrogen-bond acceptors (Lipinski definition) is 5. The van der Waals surface area contributed by atoms with Gasteiger partial charge < -0.3 is 10.0 Å². The highest BCUT2D eigenvalue weighted by Gasteiger charge is 2.23. The highest BCUT2D eigenvalue weighted by molar-refractivity contribution is 5.36. The zero-order valence-corrected chi connectivity index (χ0v) is 10.5. The van der Waals surface area contributed by atoms with Crippen molar-refractivity contribution in [2.75, 3.05) is 31.1 Å². The second-order valence-corrected chi connectivity index (χ2v) is 4.45. The van der Waals surface area contributed by atoms with Crippen molar-refractivity contribution < 1.29 is 5.11 Å². The second-order valence-electron chi connectivity index (χ2n) is 4.45. The fraction of sp³-hybridized carbons (Fsp3) is 0.667. The predicted molar refractivity (Wildman–Crippen MR) is 66.9 cm³/mol. The number of aliphatic hydroxyl groups excluding tert-OH is 1. The van der Waals surface area contributed by atoms with Gasteiger partial charge in [-0.15, -0.1) is 0 Å². The zero-order chi connectivity index (χ0) is 12.3. The molecule has 2 rings (SSSR count). The average molecular weight is 236 g/mol. The molecule has 94 valence electrons. The molecule has 5 heteroatoms. The summed E-state index contributed by atoms with van der Waals surface area (Å²) in [7, 11) is 0. The maximum atomic E-state index is 8.92. The van der Waals surface area contributed by atoms with E-state index < -0.39 is 0 Å². The number of rotatable bonds is 3. The molecular weight excluding hydrogens is 216 g/mol. The van der Waals surface area contributed by atoms with Crippen LogP contribution in [0, 0.1) is 0 Å². The highest BCUT2D eigenvalue weighted by atomic mass is 16.3. The maximum absolute atomic E-state index is 8.92. The van der Waals surface area contributed by atoms with Gasteiger partial charge in [0.25, 0.3) is 0 Å². The van der Waals surface area contributed by atoms with Gasteiger partial charge in [-0.1, -0.05) is 6.92 Å². The van der Waals surface area contributed by atoms with Crippen LogP contribution in [0.1, 0.15) is 19.5 Å². The van der Waals surface area contributed by atoms with Crippen LogP contribution in [-0.4, -0.2) is 52.2 Å². The monoisotopic (exact) mass is 236 g/mol. The number of likely N-dealkylation sites (N-methyl/N-ethyl adjacent to an activating group) is 1. The summed E-state index contributed by atoms with van der Waals surface area (Å²) in [6.45, 7) is 8.54. The summed E-state index contributed by atoms with van der Waals surface area (Å²) in [5, 5.41) is 8.92. The molecule has 0 aliphatic carbocycles. The summed E-state index contributed by atoms with van der Waals surface area (Å²) < 4.78 is 0. The van der Waals surface area contributed by atoms with Crippen molar-refractivity contribution in [3.05, 3.63) is 18.1 Å². The van der Waals surface area contributed by atoms with Crippen molar-refractivity contribution in [2.45, 2.75) is 26.5 Å². The molecule has 1 aliphatic rings. The molecule has 0 radical (unpaired) electrons. The van der Waals surface area contributed by atoms with E-state index in [0.717, 1.165) is 32.0 Å². The molecule has 0 saturated carbocycles. The first kappa shape index (κ1) is 12.3. The molecule has 1 atom stereocenters. The second kappa shape index (κ2) is 5.42. The van der Waals surface area contributed by atoms with Crippen molar-refractivity contribution in [2.24, 2.45) is 0 Å². The van der Waals surface area contributed by atoms with Gasteiger partial charge in [0.05, 0.1) is 24.7 Å². The van der Waals surface area contributed by atoms with Crippen LogP contribution in [-0.2, 0) is 6.61 Å². The predicted octanol–water partition coefficient (Wildman–Crippen LogP) is 0.499. The van der Waals surface area contributed by atoms with Crippen LogP contribution in [0.4, 0.5) is 5.82 Å². The Kier molecular flexibility index (Phi) is 3.91. The first-order valence-corrected chi connectivity index (χ1v) is 6.15. The van der Waals surface area contributed by atoms with Gasteiger partial charge in [0.1, 0.15) is 5.82 Å². The van der Waals surface area contributed by atoms with Crippen molar-refractivity contribution in [1.82, 2.24) is 14.9 Å². The van der Waals surface area contributed by atoms with Crippen LogP contribution in [0.25, 0.3) is 0 Å².